The summed E-state index contributed by atoms with van der Waals surface area (Å²) in [5, 5.41) is 0. The van der Waals surface area contributed by atoms with Crippen molar-refractivity contribution in [3.05, 3.63) is 47.9 Å². The maximum Gasteiger partial charge on any atom is 0.289 e. The molecule has 1 amide bonds. The third-order valence-electron chi connectivity index (χ3n) is 3.09. The lowest BCUT2D eigenvalue weighted by Crippen LogP contribution is -2.29. The first-order chi connectivity index (χ1) is 9.63. The maximum atomic E-state index is 12.4. The van der Waals surface area contributed by atoms with Gasteiger partial charge in [-0.1, -0.05) is 0 Å². The van der Waals surface area contributed by atoms with Crippen LogP contribution >= 0.6 is 11.8 Å². The van der Waals surface area contributed by atoms with Crippen LogP contribution in [0.25, 0.3) is 0 Å². The van der Waals surface area contributed by atoms with E-state index in [0.717, 1.165) is 17.2 Å². The van der Waals surface area contributed by atoms with Gasteiger partial charge in [-0.15, -0.1) is 0 Å². The van der Waals surface area contributed by atoms with Gasteiger partial charge < -0.3 is 9.32 Å². The molecule has 0 aromatic carbocycles. The van der Waals surface area contributed by atoms with Crippen molar-refractivity contribution in [2.45, 2.75) is 18.7 Å². The Bertz CT molecular complexity index is 571. The summed E-state index contributed by atoms with van der Waals surface area (Å²) in [5.74, 6) is 1.78. The first-order valence-electron chi connectivity index (χ1n) is 6.24. The van der Waals surface area contributed by atoms with Crippen molar-refractivity contribution >= 4 is 17.7 Å². The van der Waals surface area contributed by atoms with E-state index >= 15 is 0 Å². The van der Waals surface area contributed by atoms with Gasteiger partial charge in [0.15, 0.2) is 5.76 Å². The van der Waals surface area contributed by atoms with Crippen LogP contribution in [0.1, 0.15) is 35.0 Å². The summed E-state index contributed by atoms with van der Waals surface area (Å²) in [7, 11) is 1.74. The van der Waals surface area contributed by atoms with E-state index in [-0.39, 0.29) is 11.9 Å². The highest BCUT2D eigenvalue weighted by molar-refractivity contribution is 7.97. The molecule has 0 N–H and O–H groups in total. The van der Waals surface area contributed by atoms with E-state index in [9.17, 15) is 4.79 Å². The normalized spacial score (nSPS) is 12.2. The van der Waals surface area contributed by atoms with Crippen LogP contribution in [0.5, 0.6) is 0 Å². The maximum absolute atomic E-state index is 12.4. The van der Waals surface area contributed by atoms with Crippen LogP contribution in [0.2, 0.25) is 0 Å². The number of thioether (sulfide) groups is 1. The average Bonchev–Trinajstić information content (AvgIpc) is 2.95. The summed E-state index contributed by atoms with van der Waals surface area (Å²) in [6.45, 7) is 1.92. The van der Waals surface area contributed by atoms with Gasteiger partial charge in [0, 0.05) is 13.2 Å². The summed E-state index contributed by atoms with van der Waals surface area (Å²) < 4.78 is 5.55. The number of hydrogen-bond acceptors (Lipinski definition) is 5. The Morgan fingerprint density at radius 1 is 1.45 bits per heavy atom. The van der Waals surface area contributed by atoms with Crippen LogP contribution in [0.15, 0.2) is 35.1 Å². The third-order valence-corrected chi connectivity index (χ3v) is 3.67. The van der Waals surface area contributed by atoms with E-state index < -0.39 is 0 Å². The van der Waals surface area contributed by atoms with E-state index in [4.69, 9.17) is 4.42 Å². The molecule has 5 nitrogen and oxygen atoms in total. The summed E-state index contributed by atoms with van der Waals surface area (Å²) in [6.07, 6.45) is 5.14. The highest BCUT2D eigenvalue weighted by Crippen LogP contribution is 2.20. The largest absolute Gasteiger partial charge is 0.455 e. The lowest BCUT2D eigenvalue weighted by atomic mass is 10.2. The number of carbonyl (C=O) groups excluding carboxylic acids is 1. The van der Waals surface area contributed by atoms with Crippen molar-refractivity contribution in [3.8, 4) is 0 Å². The van der Waals surface area contributed by atoms with Gasteiger partial charge in [-0.2, -0.15) is 11.8 Å². The molecule has 106 valence electrons. The fourth-order valence-electron chi connectivity index (χ4n) is 1.81. The van der Waals surface area contributed by atoms with Gasteiger partial charge in [0.2, 0.25) is 0 Å². The molecule has 2 rings (SSSR count). The van der Waals surface area contributed by atoms with Gasteiger partial charge in [-0.05, 0) is 31.4 Å². The van der Waals surface area contributed by atoms with Gasteiger partial charge >= 0.3 is 0 Å². The van der Waals surface area contributed by atoms with Crippen molar-refractivity contribution in [3.63, 3.8) is 0 Å². The Morgan fingerprint density at radius 2 is 2.25 bits per heavy atom. The minimum absolute atomic E-state index is 0.139. The first-order valence-corrected chi connectivity index (χ1v) is 7.63. The quantitative estimate of drug-likeness (QED) is 0.847. The Hall–Kier alpha value is -1.82. The highest BCUT2D eigenvalue weighted by Gasteiger charge is 2.22. The van der Waals surface area contributed by atoms with Gasteiger partial charge in [0.1, 0.15) is 12.1 Å². The molecule has 0 radical (unpaired) electrons. The summed E-state index contributed by atoms with van der Waals surface area (Å²) in [4.78, 5) is 22.0. The van der Waals surface area contributed by atoms with Crippen molar-refractivity contribution in [1.29, 1.82) is 0 Å². The number of hydrogen-bond donors (Lipinski definition) is 0. The second-order valence-corrected chi connectivity index (χ2v) is 5.29. The third kappa shape index (κ3) is 3.19. The number of aromatic nitrogens is 2. The van der Waals surface area contributed by atoms with Crippen LogP contribution in [-0.2, 0) is 5.75 Å². The molecule has 6 heteroatoms. The number of carbonyl (C=O) groups is 1. The Kier molecular flexibility index (Phi) is 4.79. The van der Waals surface area contributed by atoms with Gasteiger partial charge in [-0.3, -0.25) is 4.79 Å². The fraction of sp³-hybridized carbons (Fsp3) is 0.357. The highest BCUT2D eigenvalue weighted by atomic mass is 32.2. The van der Waals surface area contributed by atoms with Gasteiger partial charge in [-0.25, -0.2) is 9.97 Å². The first kappa shape index (κ1) is 14.6. The fourth-order valence-corrected chi connectivity index (χ4v) is 2.25. The minimum atomic E-state index is -0.150. The molecule has 0 fully saturated rings. The number of nitrogens with zero attached hydrogens (tertiary/aromatic N) is 3. The molecule has 0 saturated heterocycles. The molecule has 1 atom stereocenters. The standard InChI is InChI=1S/C14H17N3O2S/c1-10(12-6-7-15-9-16-12)17(2)14(18)13-5-4-11(19-13)8-20-3/h4-7,9-10H,8H2,1-3H3/t10-/m1/s1. The van der Waals surface area contributed by atoms with E-state index in [1.54, 1.807) is 42.0 Å². The minimum Gasteiger partial charge on any atom is -0.455 e. The average molecular weight is 291 g/mol. The SMILES string of the molecule is CSCc1ccc(C(=O)N(C)[C@H](C)c2ccncn2)o1. The molecule has 0 saturated carbocycles. The second kappa shape index (κ2) is 6.56. The van der Waals surface area contributed by atoms with Crippen LogP contribution in [0.4, 0.5) is 0 Å². The number of furan rings is 1. The molecule has 2 heterocycles. The summed E-state index contributed by atoms with van der Waals surface area (Å²) in [6, 6.07) is 5.22. The number of rotatable bonds is 5. The molecule has 20 heavy (non-hydrogen) atoms. The number of amides is 1. The molecular formula is C14H17N3O2S. The predicted molar refractivity (Wildman–Crippen MR) is 78.5 cm³/mol. The van der Waals surface area contributed by atoms with Gasteiger partial charge in [0.25, 0.3) is 5.91 Å². The molecule has 0 aliphatic carbocycles. The van der Waals surface area contributed by atoms with Crippen molar-refractivity contribution < 1.29 is 9.21 Å². The van der Waals surface area contributed by atoms with Crippen LogP contribution in [-0.4, -0.2) is 34.1 Å². The molecule has 0 bridgehead atoms. The molecular weight excluding hydrogens is 274 g/mol. The van der Waals surface area contributed by atoms with Crippen LogP contribution in [0.3, 0.4) is 0 Å². The Labute approximate surface area is 122 Å². The monoisotopic (exact) mass is 291 g/mol. The van der Waals surface area contributed by atoms with E-state index in [0.29, 0.717) is 5.76 Å². The molecule has 0 unspecified atom stereocenters. The lowest BCUT2D eigenvalue weighted by Gasteiger charge is -2.23. The molecule has 2 aromatic heterocycles. The molecule has 0 spiro atoms. The van der Waals surface area contributed by atoms with E-state index in [2.05, 4.69) is 9.97 Å². The smallest absolute Gasteiger partial charge is 0.289 e. The van der Waals surface area contributed by atoms with Gasteiger partial charge in [0.05, 0.1) is 17.5 Å². The van der Waals surface area contributed by atoms with Crippen LogP contribution in [0, 0.1) is 0 Å². The zero-order valence-corrected chi connectivity index (χ0v) is 12.6. The summed E-state index contributed by atoms with van der Waals surface area (Å²) in [5.41, 5.74) is 0.798. The molecule has 0 aliphatic rings. The van der Waals surface area contributed by atoms with Crippen molar-refractivity contribution in [2.24, 2.45) is 0 Å². The Balaban J connectivity index is 2.11. The van der Waals surface area contributed by atoms with Crippen molar-refractivity contribution in [1.82, 2.24) is 14.9 Å². The Morgan fingerprint density at radius 3 is 2.90 bits per heavy atom. The zero-order chi connectivity index (χ0) is 14.5. The lowest BCUT2D eigenvalue weighted by molar-refractivity contribution is 0.0706. The van der Waals surface area contributed by atoms with Crippen LogP contribution < -0.4 is 0 Å². The summed E-state index contributed by atoms with van der Waals surface area (Å²) >= 11 is 1.66. The topological polar surface area (TPSA) is 59.2 Å². The van der Waals surface area contributed by atoms with E-state index in [1.165, 1.54) is 6.33 Å². The van der Waals surface area contributed by atoms with E-state index in [1.807, 2.05) is 19.2 Å². The molecule has 2 aromatic rings. The second-order valence-electron chi connectivity index (χ2n) is 4.43. The zero-order valence-electron chi connectivity index (χ0n) is 11.7. The van der Waals surface area contributed by atoms with Crippen molar-refractivity contribution in [2.75, 3.05) is 13.3 Å². The molecule has 0 aliphatic heterocycles. The predicted octanol–water partition coefficient (Wildman–Crippen LogP) is 2.77.